The minimum Gasteiger partial charge on any atom is -0.463 e. The molecule has 0 atom stereocenters. The molecular weight excluding hydrogens is 474 g/mol. The Morgan fingerprint density at radius 1 is 1.19 bits per heavy atom. The Morgan fingerprint density at radius 3 is 2.75 bits per heavy atom. The summed E-state index contributed by atoms with van der Waals surface area (Å²) >= 11 is 3.40. The van der Waals surface area contributed by atoms with E-state index in [0.717, 1.165) is 15.7 Å². The predicted octanol–water partition coefficient (Wildman–Crippen LogP) is 4.37. The molecule has 3 aromatic heterocycles. The lowest BCUT2D eigenvalue weighted by atomic mass is 10.1. The molecule has 0 fully saturated rings. The van der Waals surface area contributed by atoms with Crippen molar-refractivity contribution < 1.29 is 14.0 Å². The second-order valence-electron chi connectivity index (χ2n) is 7.45. The quantitative estimate of drug-likeness (QED) is 0.413. The Morgan fingerprint density at radius 2 is 2.00 bits per heavy atom. The van der Waals surface area contributed by atoms with Gasteiger partial charge in [-0.25, -0.2) is 4.98 Å². The third kappa shape index (κ3) is 4.43. The van der Waals surface area contributed by atoms with Crippen LogP contribution in [0, 0.1) is 13.8 Å². The highest BCUT2D eigenvalue weighted by molar-refractivity contribution is 9.10. The highest BCUT2D eigenvalue weighted by atomic mass is 79.9. The Labute approximate surface area is 193 Å². The molecule has 0 aliphatic rings. The zero-order valence-electron chi connectivity index (χ0n) is 17.9. The Balaban J connectivity index is 1.50. The van der Waals surface area contributed by atoms with Crippen molar-refractivity contribution in [2.24, 2.45) is 7.05 Å². The second kappa shape index (κ2) is 8.96. The van der Waals surface area contributed by atoms with E-state index in [9.17, 15) is 9.59 Å². The molecule has 32 heavy (non-hydrogen) atoms. The number of aromatic nitrogens is 3. The summed E-state index contributed by atoms with van der Waals surface area (Å²) in [5.74, 6) is 0.0801. The van der Waals surface area contributed by atoms with Crippen LogP contribution in [0.3, 0.4) is 0 Å². The molecule has 0 saturated heterocycles. The van der Waals surface area contributed by atoms with Gasteiger partial charge in [0.05, 0.1) is 22.9 Å². The van der Waals surface area contributed by atoms with E-state index in [1.807, 2.05) is 32.0 Å². The summed E-state index contributed by atoms with van der Waals surface area (Å²) < 4.78 is 7.98. The number of pyridine rings is 1. The highest BCUT2D eigenvalue weighted by Crippen LogP contribution is 2.27. The number of carbonyl (C=O) groups excluding carboxylic acids is 2. The molecule has 2 amide bonds. The van der Waals surface area contributed by atoms with Crippen molar-refractivity contribution >= 4 is 44.5 Å². The van der Waals surface area contributed by atoms with Gasteiger partial charge in [-0.15, -0.1) is 0 Å². The monoisotopic (exact) mass is 495 g/mol. The molecule has 1 aromatic carbocycles. The van der Waals surface area contributed by atoms with Gasteiger partial charge in [-0.2, -0.15) is 5.10 Å². The van der Waals surface area contributed by atoms with E-state index in [0.29, 0.717) is 33.7 Å². The van der Waals surface area contributed by atoms with E-state index in [-0.39, 0.29) is 24.8 Å². The molecule has 0 radical (unpaired) electrons. The number of nitrogens with one attached hydrogen (secondary N) is 2. The number of amides is 2. The molecule has 2 N–H and O–H groups in total. The van der Waals surface area contributed by atoms with Crippen LogP contribution >= 0.6 is 15.9 Å². The Hall–Kier alpha value is -3.46. The van der Waals surface area contributed by atoms with E-state index < -0.39 is 0 Å². The number of fused-ring (bicyclic) bond motifs is 1. The van der Waals surface area contributed by atoms with Gasteiger partial charge in [0.15, 0.2) is 11.4 Å². The van der Waals surface area contributed by atoms with Gasteiger partial charge in [-0.1, -0.05) is 22.0 Å². The first-order valence-electron chi connectivity index (χ1n) is 10.1. The number of hydrogen-bond acceptors (Lipinski definition) is 5. The third-order valence-electron chi connectivity index (χ3n) is 5.10. The number of halogens is 1. The molecule has 0 aliphatic heterocycles. The summed E-state index contributed by atoms with van der Waals surface area (Å²) in [7, 11) is 1.78. The molecule has 0 bridgehead atoms. The van der Waals surface area contributed by atoms with Crippen molar-refractivity contribution in [3.05, 3.63) is 64.0 Å². The summed E-state index contributed by atoms with van der Waals surface area (Å²) in [4.78, 5) is 30.0. The van der Waals surface area contributed by atoms with Gasteiger partial charge in [-0.3, -0.25) is 14.3 Å². The third-order valence-corrected chi connectivity index (χ3v) is 5.59. The first kappa shape index (κ1) is 21.8. The van der Waals surface area contributed by atoms with Crippen molar-refractivity contribution in [3.8, 4) is 11.5 Å². The zero-order valence-corrected chi connectivity index (χ0v) is 19.5. The van der Waals surface area contributed by atoms with Crippen LogP contribution in [0.2, 0.25) is 0 Å². The Bertz CT molecular complexity index is 1310. The molecule has 0 unspecified atom stereocenters. The van der Waals surface area contributed by atoms with Crippen LogP contribution in [-0.4, -0.2) is 33.1 Å². The number of aryl methyl sites for hydroxylation is 3. The number of furan rings is 1. The lowest BCUT2D eigenvalue weighted by Gasteiger charge is -2.10. The smallest absolute Gasteiger partial charge is 0.252 e. The standard InChI is InChI=1S/C23H22BrN5O3/c1-13-6-7-15(24)11-17(13)26-20(30)8-9-25-23(31)16-12-18(19-5-4-10-32-19)27-22-21(16)14(2)28-29(22)3/h4-7,10-12H,8-9H2,1-3H3,(H,25,31)(H,26,30). The molecular formula is C23H22BrN5O3. The van der Waals surface area contributed by atoms with Gasteiger partial charge in [0, 0.05) is 30.2 Å². The van der Waals surface area contributed by atoms with Crippen molar-refractivity contribution in [1.29, 1.82) is 0 Å². The predicted molar refractivity (Wildman–Crippen MR) is 125 cm³/mol. The molecule has 8 nitrogen and oxygen atoms in total. The van der Waals surface area contributed by atoms with Crippen LogP contribution in [0.15, 0.2) is 51.6 Å². The van der Waals surface area contributed by atoms with Gasteiger partial charge in [0.1, 0.15) is 5.69 Å². The van der Waals surface area contributed by atoms with Crippen LogP contribution < -0.4 is 10.6 Å². The van der Waals surface area contributed by atoms with Crippen LogP contribution in [0.1, 0.15) is 28.0 Å². The maximum atomic E-state index is 13.0. The van der Waals surface area contributed by atoms with Gasteiger partial charge in [0.25, 0.3) is 5.91 Å². The number of anilines is 1. The lowest BCUT2D eigenvalue weighted by molar-refractivity contribution is -0.116. The van der Waals surface area contributed by atoms with Gasteiger partial charge < -0.3 is 15.1 Å². The lowest BCUT2D eigenvalue weighted by Crippen LogP contribution is -2.28. The largest absolute Gasteiger partial charge is 0.463 e. The Kier molecular flexibility index (Phi) is 6.09. The fourth-order valence-corrected chi connectivity index (χ4v) is 3.86. The second-order valence-corrected chi connectivity index (χ2v) is 8.37. The molecule has 0 spiro atoms. The van der Waals surface area contributed by atoms with Crippen molar-refractivity contribution in [2.45, 2.75) is 20.3 Å². The van der Waals surface area contributed by atoms with E-state index in [1.54, 1.807) is 36.2 Å². The highest BCUT2D eigenvalue weighted by Gasteiger charge is 2.20. The van der Waals surface area contributed by atoms with Crippen molar-refractivity contribution in [3.63, 3.8) is 0 Å². The first-order valence-corrected chi connectivity index (χ1v) is 10.8. The number of carbonyl (C=O) groups is 2. The topological polar surface area (TPSA) is 102 Å². The molecule has 164 valence electrons. The minimum atomic E-state index is -0.298. The van der Waals surface area contributed by atoms with Crippen molar-refractivity contribution in [2.75, 3.05) is 11.9 Å². The molecule has 0 saturated carbocycles. The first-order chi connectivity index (χ1) is 15.3. The summed E-state index contributed by atoms with van der Waals surface area (Å²) in [5, 5.41) is 10.8. The summed E-state index contributed by atoms with van der Waals surface area (Å²) in [6.45, 7) is 3.95. The van der Waals surface area contributed by atoms with Crippen LogP contribution in [0.25, 0.3) is 22.5 Å². The molecule has 9 heteroatoms. The number of benzene rings is 1. The normalized spacial score (nSPS) is 11.0. The number of nitrogens with zero attached hydrogens (tertiary/aromatic N) is 3. The van der Waals surface area contributed by atoms with Crippen LogP contribution in [-0.2, 0) is 11.8 Å². The zero-order chi connectivity index (χ0) is 22.8. The van der Waals surface area contributed by atoms with E-state index in [1.165, 1.54) is 0 Å². The van der Waals surface area contributed by atoms with Crippen LogP contribution in [0.4, 0.5) is 5.69 Å². The fourth-order valence-electron chi connectivity index (χ4n) is 3.50. The number of rotatable bonds is 6. The fraction of sp³-hybridized carbons (Fsp3) is 0.217. The van der Waals surface area contributed by atoms with Gasteiger partial charge in [-0.05, 0) is 49.7 Å². The van der Waals surface area contributed by atoms with Crippen LogP contribution in [0.5, 0.6) is 0 Å². The average molecular weight is 496 g/mol. The maximum Gasteiger partial charge on any atom is 0.252 e. The maximum absolute atomic E-state index is 13.0. The van der Waals surface area contributed by atoms with Gasteiger partial charge in [0.2, 0.25) is 5.91 Å². The summed E-state index contributed by atoms with van der Waals surface area (Å²) in [6, 6.07) is 10.9. The minimum absolute atomic E-state index is 0.142. The molecule has 0 aliphatic carbocycles. The van der Waals surface area contributed by atoms with E-state index in [2.05, 4.69) is 36.6 Å². The van der Waals surface area contributed by atoms with E-state index in [4.69, 9.17) is 4.42 Å². The van der Waals surface area contributed by atoms with Gasteiger partial charge >= 0.3 is 0 Å². The average Bonchev–Trinajstić information content (AvgIpc) is 3.39. The number of hydrogen-bond donors (Lipinski definition) is 2. The van der Waals surface area contributed by atoms with Crippen molar-refractivity contribution in [1.82, 2.24) is 20.1 Å². The summed E-state index contributed by atoms with van der Waals surface area (Å²) in [6.07, 6.45) is 1.70. The SMILES string of the molecule is Cc1ccc(Br)cc1NC(=O)CCNC(=O)c1cc(-c2ccco2)nc2c1c(C)nn2C. The molecule has 4 aromatic rings. The summed E-state index contributed by atoms with van der Waals surface area (Å²) in [5.41, 5.74) is 3.97. The molecule has 4 rings (SSSR count). The van der Waals surface area contributed by atoms with E-state index >= 15 is 0 Å². The molecule has 3 heterocycles.